The van der Waals surface area contributed by atoms with E-state index < -0.39 is 15.9 Å². The van der Waals surface area contributed by atoms with E-state index in [1.54, 1.807) is 12.4 Å². The summed E-state index contributed by atoms with van der Waals surface area (Å²) >= 11 is 0. The molecular weight excluding hydrogens is 392 g/mol. The van der Waals surface area contributed by atoms with E-state index in [0.717, 1.165) is 33.1 Å². The van der Waals surface area contributed by atoms with Crippen molar-refractivity contribution >= 4 is 15.9 Å². The molecule has 0 aliphatic rings. The Balaban J connectivity index is 1.55. The second-order valence-electron chi connectivity index (χ2n) is 6.58. The normalized spacial score (nSPS) is 11.2. The summed E-state index contributed by atoms with van der Waals surface area (Å²) in [5, 5.41) is 6.76. The summed E-state index contributed by atoms with van der Waals surface area (Å²) in [4.78, 5) is 16.3. The average molecular weight is 414 g/mol. The highest BCUT2D eigenvalue weighted by atomic mass is 32.2. The lowest BCUT2D eigenvalue weighted by atomic mass is 10.1. The number of hydrogen-bond acceptors (Lipinski definition) is 6. The van der Waals surface area contributed by atoms with Crippen molar-refractivity contribution < 1.29 is 17.9 Å². The molecule has 0 aliphatic carbocycles. The number of aryl methyl sites for hydroxylation is 1. The number of nitrogens with one attached hydrogen (secondary N) is 1. The third kappa shape index (κ3) is 5.64. The molecule has 0 radical (unpaired) electrons. The second-order valence-corrected chi connectivity index (χ2v) is 8.60. The third-order valence-corrected chi connectivity index (χ3v) is 5.58. The Morgan fingerprint density at radius 2 is 1.97 bits per heavy atom. The number of pyridine rings is 1. The molecule has 152 valence electrons. The zero-order valence-electron chi connectivity index (χ0n) is 16.2. The highest BCUT2D eigenvalue weighted by molar-refractivity contribution is 7.88. The molecule has 3 aromatic rings. The molecule has 9 heteroatoms. The summed E-state index contributed by atoms with van der Waals surface area (Å²) in [5.41, 5.74) is 3.50. The van der Waals surface area contributed by atoms with Crippen LogP contribution in [-0.4, -0.2) is 47.1 Å². The van der Waals surface area contributed by atoms with E-state index in [4.69, 9.17) is 4.74 Å². The van der Waals surface area contributed by atoms with Gasteiger partial charge in [0.2, 0.25) is 15.9 Å². The monoisotopic (exact) mass is 414 g/mol. The minimum absolute atomic E-state index is 0.118. The van der Waals surface area contributed by atoms with Gasteiger partial charge in [-0.25, -0.2) is 12.7 Å². The van der Waals surface area contributed by atoms with Crippen molar-refractivity contribution in [1.82, 2.24) is 19.5 Å². The summed E-state index contributed by atoms with van der Waals surface area (Å²) in [6.45, 7) is 0.357. The lowest BCUT2D eigenvalue weighted by molar-refractivity contribution is -0.125. The lowest BCUT2D eigenvalue weighted by Crippen LogP contribution is -2.32. The van der Waals surface area contributed by atoms with Crippen molar-refractivity contribution in [2.24, 2.45) is 0 Å². The molecule has 0 aliphatic heterocycles. The van der Waals surface area contributed by atoms with Gasteiger partial charge in [0.05, 0.1) is 23.8 Å². The van der Waals surface area contributed by atoms with E-state index in [2.05, 4.69) is 15.2 Å². The van der Waals surface area contributed by atoms with Crippen molar-refractivity contribution in [2.45, 2.75) is 19.4 Å². The fourth-order valence-corrected chi connectivity index (χ4v) is 3.12. The number of rotatable bonds is 8. The van der Waals surface area contributed by atoms with Crippen molar-refractivity contribution in [3.05, 3.63) is 66.0 Å². The molecule has 8 nitrogen and oxygen atoms in total. The molecule has 1 N–H and O–H groups in total. The maximum atomic E-state index is 12.0. The molecule has 2 aromatic heterocycles. The Hall–Kier alpha value is -3.20. The van der Waals surface area contributed by atoms with Crippen LogP contribution in [0, 0.1) is 0 Å². The minimum atomic E-state index is -3.52. The fraction of sp³-hybridized carbons (Fsp3) is 0.250. The zero-order valence-corrected chi connectivity index (χ0v) is 17.0. The second kappa shape index (κ2) is 8.87. The first-order valence-electron chi connectivity index (χ1n) is 8.96. The van der Waals surface area contributed by atoms with E-state index >= 15 is 0 Å². The van der Waals surface area contributed by atoms with Crippen molar-refractivity contribution in [3.63, 3.8) is 0 Å². The van der Waals surface area contributed by atoms with E-state index in [1.165, 1.54) is 7.05 Å². The van der Waals surface area contributed by atoms with Crippen LogP contribution >= 0.6 is 0 Å². The highest BCUT2D eigenvalue weighted by Crippen LogP contribution is 2.18. The summed E-state index contributed by atoms with van der Waals surface area (Å²) in [5.74, 6) is 0.209. The van der Waals surface area contributed by atoms with Crippen molar-refractivity contribution in [3.8, 4) is 17.1 Å². The topological polar surface area (TPSA) is 105 Å². The van der Waals surface area contributed by atoms with E-state index in [1.807, 2.05) is 42.5 Å². The molecule has 0 unspecified atom stereocenters. The van der Waals surface area contributed by atoms with Crippen LogP contribution in [0.3, 0.4) is 0 Å². The Morgan fingerprint density at radius 1 is 1.17 bits per heavy atom. The SMILES string of the molecule is CN(C(=O)CCc1cccc(COc2ccc(-c3ccn[nH]3)nc2)c1)S(C)(=O)=O. The van der Waals surface area contributed by atoms with Gasteiger partial charge in [-0.3, -0.25) is 14.9 Å². The van der Waals surface area contributed by atoms with E-state index in [9.17, 15) is 13.2 Å². The van der Waals surface area contributed by atoms with Crippen molar-refractivity contribution in [1.29, 1.82) is 0 Å². The average Bonchev–Trinajstić information content (AvgIpc) is 3.25. The van der Waals surface area contributed by atoms with Crippen LogP contribution in [0.2, 0.25) is 0 Å². The number of nitrogens with zero attached hydrogens (tertiary/aromatic N) is 3. The smallest absolute Gasteiger partial charge is 0.236 e. The molecule has 0 atom stereocenters. The number of sulfonamides is 1. The molecule has 0 spiro atoms. The first kappa shape index (κ1) is 20.5. The van der Waals surface area contributed by atoms with Gasteiger partial charge >= 0.3 is 0 Å². The van der Waals surface area contributed by atoms with Gasteiger partial charge in [-0.1, -0.05) is 24.3 Å². The number of amides is 1. The van der Waals surface area contributed by atoms with Crippen LogP contribution in [0.5, 0.6) is 5.75 Å². The first-order valence-corrected chi connectivity index (χ1v) is 10.8. The van der Waals surface area contributed by atoms with Crippen LogP contribution in [-0.2, 0) is 27.8 Å². The Morgan fingerprint density at radius 3 is 2.62 bits per heavy atom. The van der Waals surface area contributed by atoms with Gasteiger partial charge in [-0.2, -0.15) is 5.10 Å². The van der Waals surface area contributed by atoms with Gasteiger partial charge in [0.25, 0.3) is 0 Å². The molecule has 2 heterocycles. The van der Waals surface area contributed by atoms with Crippen LogP contribution in [0.25, 0.3) is 11.4 Å². The first-order chi connectivity index (χ1) is 13.8. The standard InChI is InChI=1S/C20H22N4O4S/c1-24(29(2,26)27)20(25)9-6-15-4-3-5-16(12-15)14-28-17-7-8-18(21-13-17)19-10-11-22-23-19/h3-5,7-8,10-13H,6,9,14H2,1-2H3,(H,22,23). The van der Waals surface area contributed by atoms with Crippen molar-refractivity contribution in [2.75, 3.05) is 13.3 Å². The van der Waals surface area contributed by atoms with E-state index in [0.29, 0.717) is 18.8 Å². The molecule has 1 amide bonds. The lowest BCUT2D eigenvalue weighted by Gasteiger charge is -2.14. The number of aromatic amines is 1. The number of ether oxygens (including phenoxy) is 1. The van der Waals surface area contributed by atoms with Crippen LogP contribution in [0.4, 0.5) is 0 Å². The predicted octanol–water partition coefficient (Wildman–Crippen LogP) is 2.40. The maximum Gasteiger partial charge on any atom is 0.236 e. The number of benzene rings is 1. The van der Waals surface area contributed by atoms with Crippen LogP contribution < -0.4 is 4.74 Å². The van der Waals surface area contributed by atoms with Gasteiger partial charge < -0.3 is 4.74 Å². The number of carbonyl (C=O) groups excluding carboxylic acids is 1. The molecule has 0 saturated carbocycles. The number of aromatic nitrogens is 3. The summed E-state index contributed by atoms with van der Waals surface area (Å²) in [6.07, 6.45) is 4.90. The van der Waals surface area contributed by atoms with Gasteiger partial charge in [0.15, 0.2) is 0 Å². The molecule has 0 fully saturated rings. The number of H-pyrrole nitrogens is 1. The van der Waals surface area contributed by atoms with Crippen LogP contribution in [0.15, 0.2) is 54.9 Å². The van der Waals surface area contributed by atoms with Gasteiger partial charge in [0.1, 0.15) is 12.4 Å². The molecule has 0 bridgehead atoms. The van der Waals surface area contributed by atoms with E-state index in [-0.39, 0.29) is 6.42 Å². The van der Waals surface area contributed by atoms with Crippen LogP contribution in [0.1, 0.15) is 17.5 Å². The number of hydrogen-bond donors (Lipinski definition) is 1. The largest absolute Gasteiger partial charge is 0.487 e. The summed E-state index contributed by atoms with van der Waals surface area (Å²) in [6, 6.07) is 13.2. The van der Waals surface area contributed by atoms with Gasteiger partial charge in [-0.05, 0) is 35.7 Å². The zero-order chi connectivity index (χ0) is 20.9. The summed E-state index contributed by atoms with van der Waals surface area (Å²) < 4.78 is 29.4. The quantitative estimate of drug-likeness (QED) is 0.607. The molecular formula is C20H22N4O4S. The Labute approximate surface area is 169 Å². The molecule has 0 saturated heterocycles. The summed E-state index contributed by atoms with van der Waals surface area (Å²) in [7, 11) is -2.25. The molecule has 29 heavy (non-hydrogen) atoms. The molecule has 3 rings (SSSR count). The third-order valence-electron chi connectivity index (χ3n) is 4.39. The molecule has 1 aromatic carbocycles. The highest BCUT2D eigenvalue weighted by Gasteiger charge is 2.17. The Kier molecular flexibility index (Phi) is 6.28. The van der Waals surface area contributed by atoms with Gasteiger partial charge in [-0.15, -0.1) is 0 Å². The van der Waals surface area contributed by atoms with Gasteiger partial charge in [0, 0.05) is 19.7 Å². The minimum Gasteiger partial charge on any atom is -0.487 e. The maximum absolute atomic E-state index is 12.0. The number of carbonyl (C=O) groups is 1. The fourth-order valence-electron chi connectivity index (χ4n) is 2.66. The Bertz CT molecular complexity index is 1060. The predicted molar refractivity (Wildman–Crippen MR) is 109 cm³/mol.